The molecule has 2 N–H and O–H groups in total. The third-order valence-electron chi connectivity index (χ3n) is 3.98. The van der Waals surface area contributed by atoms with Gasteiger partial charge in [0.1, 0.15) is 5.75 Å². The van der Waals surface area contributed by atoms with Gasteiger partial charge in [0.2, 0.25) is 0 Å². The molecule has 0 bridgehead atoms. The van der Waals surface area contributed by atoms with E-state index in [0.29, 0.717) is 11.5 Å². The fourth-order valence-corrected chi connectivity index (χ4v) is 2.80. The number of hydrogen-bond donors (Lipinski definition) is 2. The fraction of sp³-hybridized carbons (Fsp3) is 0.150. The summed E-state index contributed by atoms with van der Waals surface area (Å²) >= 11 is 5.88. The molecule has 0 spiro atoms. The van der Waals surface area contributed by atoms with Crippen LogP contribution in [0.25, 0.3) is 6.08 Å². The summed E-state index contributed by atoms with van der Waals surface area (Å²) in [6.45, 7) is 0.796. The molecule has 1 aliphatic heterocycles. The van der Waals surface area contributed by atoms with E-state index in [-0.39, 0.29) is 11.5 Å². The van der Waals surface area contributed by atoms with Crippen LogP contribution < -0.4 is 5.32 Å². The summed E-state index contributed by atoms with van der Waals surface area (Å²) in [5, 5.41) is 13.7. The van der Waals surface area contributed by atoms with E-state index in [9.17, 15) is 9.90 Å². The van der Waals surface area contributed by atoms with Crippen molar-refractivity contribution >= 4 is 23.5 Å². The highest BCUT2D eigenvalue weighted by Gasteiger charge is 2.18. The minimum absolute atomic E-state index is 0.0107. The Hall–Kier alpha value is -2.52. The molecule has 0 aromatic heterocycles. The number of ketones is 1. The number of allylic oxidation sites excluding steroid dienone is 2. The number of carbonyl (C=O) groups excluding carboxylic acids is 1. The summed E-state index contributed by atoms with van der Waals surface area (Å²) in [6, 6.07) is 14.3. The molecule has 1 heterocycles. The van der Waals surface area contributed by atoms with Crippen molar-refractivity contribution in [3.63, 3.8) is 0 Å². The average Bonchev–Trinajstić information content (AvgIpc) is 3.02. The van der Waals surface area contributed by atoms with E-state index >= 15 is 0 Å². The molecule has 4 heteroatoms. The molecular formula is C20H18ClNO2. The van der Waals surface area contributed by atoms with Crippen molar-refractivity contribution < 1.29 is 9.90 Å². The Bertz CT molecular complexity index is 794. The number of phenols is 1. The Morgan fingerprint density at radius 3 is 2.67 bits per heavy atom. The van der Waals surface area contributed by atoms with Gasteiger partial charge in [-0.15, -0.1) is 0 Å². The first-order chi connectivity index (χ1) is 11.6. The normalized spacial score (nSPS) is 18.9. The van der Waals surface area contributed by atoms with E-state index in [1.165, 1.54) is 6.07 Å². The summed E-state index contributed by atoms with van der Waals surface area (Å²) in [6.07, 6.45) is 6.56. The number of para-hydroxylation sites is 1. The van der Waals surface area contributed by atoms with E-state index in [4.69, 9.17) is 11.6 Å². The number of halogens is 1. The summed E-state index contributed by atoms with van der Waals surface area (Å²) in [7, 11) is 0. The van der Waals surface area contributed by atoms with Gasteiger partial charge in [-0.25, -0.2) is 0 Å². The maximum Gasteiger partial charge on any atom is 0.191 e. The molecule has 2 aromatic carbocycles. The van der Waals surface area contributed by atoms with Crippen LogP contribution in [-0.4, -0.2) is 17.4 Å². The van der Waals surface area contributed by atoms with Crippen LogP contribution in [0.2, 0.25) is 5.02 Å². The highest BCUT2D eigenvalue weighted by Crippen LogP contribution is 2.22. The average molecular weight is 340 g/mol. The molecule has 24 heavy (non-hydrogen) atoms. The van der Waals surface area contributed by atoms with Gasteiger partial charge in [0.15, 0.2) is 5.78 Å². The molecule has 0 aliphatic carbocycles. The van der Waals surface area contributed by atoms with Crippen LogP contribution in [0.3, 0.4) is 0 Å². The van der Waals surface area contributed by atoms with Gasteiger partial charge in [0, 0.05) is 23.3 Å². The number of nitrogens with one attached hydrogen (secondary N) is 1. The second-order valence-corrected chi connectivity index (χ2v) is 6.24. The third-order valence-corrected chi connectivity index (χ3v) is 4.23. The molecule has 3 rings (SSSR count). The molecule has 0 amide bonds. The Morgan fingerprint density at radius 1 is 1.17 bits per heavy atom. The lowest BCUT2D eigenvalue weighted by molar-refractivity contribution is 0.104. The highest BCUT2D eigenvalue weighted by atomic mass is 35.5. The van der Waals surface area contributed by atoms with Crippen molar-refractivity contribution in [3.8, 4) is 5.75 Å². The lowest BCUT2D eigenvalue weighted by Gasteiger charge is -2.01. The van der Waals surface area contributed by atoms with Crippen LogP contribution in [0.5, 0.6) is 5.75 Å². The molecular weight excluding hydrogens is 322 g/mol. The van der Waals surface area contributed by atoms with Crippen LogP contribution >= 0.6 is 11.6 Å². The zero-order valence-electron chi connectivity index (χ0n) is 13.1. The van der Waals surface area contributed by atoms with Crippen LogP contribution in [0.1, 0.15) is 22.3 Å². The van der Waals surface area contributed by atoms with Gasteiger partial charge in [0.25, 0.3) is 0 Å². The molecule has 1 atom stereocenters. The summed E-state index contributed by atoms with van der Waals surface area (Å²) in [5.74, 6) is 0.165. The number of rotatable bonds is 4. The Labute approximate surface area is 146 Å². The van der Waals surface area contributed by atoms with Crippen molar-refractivity contribution in [1.29, 1.82) is 0 Å². The molecule has 1 saturated heterocycles. The summed E-state index contributed by atoms with van der Waals surface area (Å²) in [5.41, 5.74) is 2.32. The largest absolute Gasteiger partial charge is 0.507 e. The third kappa shape index (κ3) is 4.06. The maximum absolute atomic E-state index is 12.2. The van der Waals surface area contributed by atoms with Crippen molar-refractivity contribution in [2.75, 3.05) is 6.54 Å². The summed E-state index contributed by atoms with van der Waals surface area (Å²) < 4.78 is 0. The maximum atomic E-state index is 12.2. The highest BCUT2D eigenvalue weighted by molar-refractivity contribution is 6.30. The van der Waals surface area contributed by atoms with Gasteiger partial charge in [-0.05, 0) is 42.2 Å². The standard InChI is InChI=1S/C20H18ClNO2/c21-16-9-7-14(8-10-16)5-6-15-11-17(22-13-15)12-20(24)18-3-1-2-4-19(18)23/h1-10,12,15,22-23H,11,13H2/b6-5+,17-12-. The zero-order valence-corrected chi connectivity index (χ0v) is 13.8. The first kappa shape index (κ1) is 16.3. The molecule has 2 aromatic rings. The van der Waals surface area contributed by atoms with Gasteiger partial charge >= 0.3 is 0 Å². The van der Waals surface area contributed by atoms with Gasteiger partial charge in [-0.2, -0.15) is 0 Å². The Kier molecular flexibility index (Phi) is 5.02. The number of benzene rings is 2. The van der Waals surface area contributed by atoms with Crippen molar-refractivity contribution in [1.82, 2.24) is 5.32 Å². The Morgan fingerprint density at radius 2 is 1.92 bits per heavy atom. The van der Waals surface area contributed by atoms with Crippen LogP contribution in [-0.2, 0) is 0 Å². The molecule has 0 saturated carbocycles. The second kappa shape index (κ2) is 7.37. The van der Waals surface area contributed by atoms with E-state index < -0.39 is 0 Å². The molecule has 1 aliphatic rings. The number of aromatic hydroxyl groups is 1. The zero-order chi connectivity index (χ0) is 16.9. The lowest BCUT2D eigenvalue weighted by atomic mass is 10.0. The second-order valence-electron chi connectivity index (χ2n) is 5.81. The lowest BCUT2D eigenvalue weighted by Crippen LogP contribution is -2.08. The molecule has 3 nitrogen and oxygen atoms in total. The first-order valence-corrected chi connectivity index (χ1v) is 8.20. The summed E-state index contributed by atoms with van der Waals surface area (Å²) in [4.78, 5) is 12.2. The molecule has 0 radical (unpaired) electrons. The SMILES string of the molecule is O=C(/C=C1/CC(/C=C/c2ccc(Cl)cc2)CN1)c1ccccc1O. The fourth-order valence-electron chi connectivity index (χ4n) is 2.67. The van der Waals surface area contributed by atoms with Crippen LogP contribution in [0, 0.1) is 5.92 Å². The van der Waals surface area contributed by atoms with Crippen LogP contribution in [0.15, 0.2) is 66.4 Å². The minimum atomic E-state index is -0.182. The van der Waals surface area contributed by atoms with E-state index in [1.807, 2.05) is 24.3 Å². The molecule has 1 unspecified atom stereocenters. The predicted octanol–water partition coefficient (Wildman–Crippen LogP) is 4.44. The van der Waals surface area contributed by atoms with Gasteiger partial charge in [-0.3, -0.25) is 4.79 Å². The number of phenolic OH excluding ortho intramolecular Hbond substituents is 1. The van der Waals surface area contributed by atoms with E-state index in [0.717, 1.165) is 29.2 Å². The molecule has 122 valence electrons. The predicted molar refractivity (Wildman–Crippen MR) is 97.1 cm³/mol. The monoisotopic (exact) mass is 339 g/mol. The number of carbonyl (C=O) groups is 1. The quantitative estimate of drug-likeness (QED) is 0.639. The van der Waals surface area contributed by atoms with Crippen molar-refractivity contribution in [2.45, 2.75) is 6.42 Å². The minimum Gasteiger partial charge on any atom is -0.507 e. The first-order valence-electron chi connectivity index (χ1n) is 7.82. The van der Waals surface area contributed by atoms with Crippen molar-refractivity contribution in [3.05, 3.63) is 82.5 Å². The van der Waals surface area contributed by atoms with Crippen molar-refractivity contribution in [2.24, 2.45) is 5.92 Å². The smallest absolute Gasteiger partial charge is 0.191 e. The van der Waals surface area contributed by atoms with Crippen LogP contribution in [0.4, 0.5) is 0 Å². The van der Waals surface area contributed by atoms with Gasteiger partial charge in [0.05, 0.1) is 5.56 Å². The number of hydrogen-bond acceptors (Lipinski definition) is 3. The van der Waals surface area contributed by atoms with Gasteiger partial charge in [-0.1, -0.05) is 48.0 Å². The van der Waals surface area contributed by atoms with E-state index in [2.05, 4.69) is 17.5 Å². The van der Waals surface area contributed by atoms with E-state index in [1.54, 1.807) is 24.3 Å². The molecule has 1 fully saturated rings. The Balaban J connectivity index is 1.63. The van der Waals surface area contributed by atoms with Gasteiger partial charge < -0.3 is 10.4 Å². The topological polar surface area (TPSA) is 49.3 Å².